The van der Waals surface area contributed by atoms with Crippen LogP contribution in [0.5, 0.6) is 0 Å². The largest absolute Gasteiger partial charge is 0.336 e. The van der Waals surface area contributed by atoms with E-state index in [4.69, 9.17) is 0 Å². The molecule has 1 fully saturated rings. The maximum atomic E-state index is 12.4. The molecule has 0 unspecified atom stereocenters. The van der Waals surface area contributed by atoms with Gasteiger partial charge in [-0.2, -0.15) is 0 Å². The fraction of sp³-hybridized carbons (Fsp3) is 0.375. The molecule has 0 N–H and O–H groups in total. The smallest absolute Gasteiger partial charge is 0.243 e. The molecule has 1 aliphatic rings. The first-order valence-electron chi connectivity index (χ1n) is 7.62. The van der Waals surface area contributed by atoms with Crippen LogP contribution in [-0.4, -0.2) is 50.0 Å². The van der Waals surface area contributed by atoms with E-state index in [2.05, 4.69) is 4.98 Å². The maximum absolute atomic E-state index is 12.4. The Hall–Kier alpha value is -2.70. The van der Waals surface area contributed by atoms with Crippen molar-refractivity contribution in [2.45, 2.75) is 26.3 Å². The van der Waals surface area contributed by atoms with E-state index in [1.165, 1.54) is 0 Å². The third-order valence-corrected chi connectivity index (χ3v) is 4.03. The van der Waals surface area contributed by atoms with Crippen molar-refractivity contribution in [3.63, 3.8) is 0 Å². The Labute approximate surface area is 133 Å². The number of pyridine rings is 1. The highest BCUT2D eigenvalue weighted by Crippen LogP contribution is 2.13. The van der Waals surface area contributed by atoms with E-state index in [-0.39, 0.29) is 37.1 Å². The zero-order valence-corrected chi connectivity index (χ0v) is 12.9. The van der Waals surface area contributed by atoms with Crippen LogP contribution in [0.15, 0.2) is 30.6 Å². The van der Waals surface area contributed by atoms with Crippen molar-refractivity contribution in [1.82, 2.24) is 19.2 Å². The molecule has 23 heavy (non-hydrogen) atoms. The molecule has 7 heteroatoms. The molecule has 2 aromatic heterocycles. The minimum atomic E-state index is -0.269. The lowest BCUT2D eigenvalue weighted by atomic mass is 10.3. The molecular weight excluding hydrogens is 296 g/mol. The Morgan fingerprint density at radius 2 is 2.00 bits per heavy atom. The molecule has 3 amide bonds. The van der Waals surface area contributed by atoms with E-state index in [9.17, 15) is 14.4 Å². The van der Waals surface area contributed by atoms with Gasteiger partial charge in [-0.3, -0.25) is 19.3 Å². The molecule has 3 rings (SSSR count). The van der Waals surface area contributed by atoms with E-state index in [0.29, 0.717) is 13.1 Å². The van der Waals surface area contributed by atoms with Crippen LogP contribution >= 0.6 is 0 Å². The van der Waals surface area contributed by atoms with Gasteiger partial charge < -0.3 is 9.30 Å². The van der Waals surface area contributed by atoms with Crippen molar-refractivity contribution in [2.24, 2.45) is 0 Å². The van der Waals surface area contributed by atoms with E-state index in [1.54, 1.807) is 11.1 Å². The third-order valence-electron chi connectivity index (χ3n) is 4.03. The van der Waals surface area contributed by atoms with Crippen molar-refractivity contribution in [1.29, 1.82) is 0 Å². The summed E-state index contributed by atoms with van der Waals surface area (Å²) in [5.41, 5.74) is 1.70. The Balaban J connectivity index is 1.73. The standard InChI is InChI=1S/C16H18N4O3/c1-2-18(16(23)11-20-14(21)6-7-15(20)22)10-12-9-17-13-5-3-4-8-19(12)13/h3-5,8-9H,2,6-7,10-11H2,1H3. The van der Waals surface area contributed by atoms with Gasteiger partial charge in [0.15, 0.2) is 0 Å². The van der Waals surface area contributed by atoms with Gasteiger partial charge in [-0.05, 0) is 19.1 Å². The summed E-state index contributed by atoms with van der Waals surface area (Å²) in [5.74, 6) is -0.773. The van der Waals surface area contributed by atoms with E-state index in [0.717, 1.165) is 16.2 Å². The predicted molar refractivity (Wildman–Crippen MR) is 82.2 cm³/mol. The third kappa shape index (κ3) is 2.94. The minimum Gasteiger partial charge on any atom is -0.336 e. The fourth-order valence-corrected chi connectivity index (χ4v) is 2.71. The number of rotatable bonds is 5. The topological polar surface area (TPSA) is 75.0 Å². The molecule has 0 saturated carbocycles. The van der Waals surface area contributed by atoms with Crippen LogP contribution in [0.3, 0.4) is 0 Å². The van der Waals surface area contributed by atoms with Crippen LogP contribution in [0, 0.1) is 0 Å². The summed E-state index contributed by atoms with van der Waals surface area (Å²) in [4.78, 5) is 42.7. The average Bonchev–Trinajstić information content (AvgIpc) is 3.10. The normalized spacial score (nSPS) is 14.7. The Bertz CT molecular complexity index is 752. The van der Waals surface area contributed by atoms with Gasteiger partial charge in [0.2, 0.25) is 17.7 Å². The molecule has 0 spiro atoms. The van der Waals surface area contributed by atoms with Gasteiger partial charge in [0.25, 0.3) is 0 Å². The highest BCUT2D eigenvalue weighted by atomic mass is 16.2. The van der Waals surface area contributed by atoms with Gasteiger partial charge in [0, 0.05) is 25.6 Å². The van der Waals surface area contributed by atoms with Gasteiger partial charge in [-0.25, -0.2) is 4.98 Å². The summed E-state index contributed by atoms with van der Waals surface area (Å²) in [6.45, 7) is 2.57. The second-order valence-electron chi connectivity index (χ2n) is 5.46. The van der Waals surface area contributed by atoms with Gasteiger partial charge in [0.1, 0.15) is 12.2 Å². The van der Waals surface area contributed by atoms with Crippen LogP contribution in [0.25, 0.3) is 5.65 Å². The van der Waals surface area contributed by atoms with E-state index >= 15 is 0 Å². The number of aromatic nitrogens is 2. The molecule has 7 nitrogen and oxygen atoms in total. The molecular formula is C16H18N4O3. The summed E-state index contributed by atoms with van der Waals surface area (Å²) in [5, 5.41) is 0. The van der Waals surface area contributed by atoms with Gasteiger partial charge in [-0.15, -0.1) is 0 Å². The van der Waals surface area contributed by atoms with Gasteiger partial charge in [-0.1, -0.05) is 6.07 Å². The lowest BCUT2D eigenvalue weighted by molar-refractivity contribution is -0.145. The highest BCUT2D eigenvalue weighted by molar-refractivity contribution is 6.04. The van der Waals surface area contributed by atoms with Crippen LogP contribution in [0.1, 0.15) is 25.5 Å². The fourth-order valence-electron chi connectivity index (χ4n) is 2.71. The van der Waals surface area contributed by atoms with Crippen molar-refractivity contribution in [3.8, 4) is 0 Å². The molecule has 0 atom stereocenters. The minimum absolute atomic E-state index is 0.178. The molecule has 0 aliphatic carbocycles. The summed E-state index contributed by atoms with van der Waals surface area (Å²) in [6.07, 6.45) is 4.03. The molecule has 3 heterocycles. The number of imide groups is 1. The lowest BCUT2D eigenvalue weighted by Crippen LogP contribution is -2.42. The van der Waals surface area contributed by atoms with Crippen LogP contribution < -0.4 is 0 Å². The first-order valence-corrected chi connectivity index (χ1v) is 7.62. The summed E-state index contributed by atoms with van der Waals surface area (Å²) >= 11 is 0. The van der Waals surface area contributed by atoms with Crippen LogP contribution in [0.4, 0.5) is 0 Å². The van der Waals surface area contributed by atoms with Gasteiger partial charge in [0.05, 0.1) is 18.4 Å². The Morgan fingerprint density at radius 3 is 2.70 bits per heavy atom. The number of carbonyl (C=O) groups is 3. The number of likely N-dealkylation sites (tertiary alicyclic amines) is 1. The molecule has 0 bridgehead atoms. The van der Waals surface area contributed by atoms with Gasteiger partial charge >= 0.3 is 0 Å². The van der Waals surface area contributed by atoms with Crippen molar-refractivity contribution in [2.75, 3.05) is 13.1 Å². The molecule has 120 valence electrons. The molecule has 0 radical (unpaired) electrons. The number of likely N-dealkylation sites (N-methyl/N-ethyl adjacent to an activating group) is 1. The van der Waals surface area contributed by atoms with E-state index < -0.39 is 0 Å². The average molecular weight is 314 g/mol. The van der Waals surface area contributed by atoms with Crippen molar-refractivity contribution in [3.05, 3.63) is 36.3 Å². The predicted octanol–water partition coefficient (Wildman–Crippen LogP) is 0.832. The molecule has 1 aliphatic heterocycles. The second kappa shape index (κ2) is 6.20. The Morgan fingerprint density at radius 1 is 1.26 bits per heavy atom. The second-order valence-corrected chi connectivity index (χ2v) is 5.46. The monoisotopic (exact) mass is 314 g/mol. The number of imidazole rings is 1. The number of nitrogens with zero attached hydrogens (tertiary/aromatic N) is 4. The number of fused-ring (bicyclic) bond motifs is 1. The van der Waals surface area contributed by atoms with Crippen molar-refractivity contribution < 1.29 is 14.4 Å². The number of hydrogen-bond acceptors (Lipinski definition) is 4. The summed E-state index contributed by atoms with van der Waals surface area (Å²) in [7, 11) is 0. The zero-order chi connectivity index (χ0) is 16.4. The summed E-state index contributed by atoms with van der Waals surface area (Å²) in [6, 6.07) is 5.69. The Kier molecular flexibility index (Phi) is 4.10. The van der Waals surface area contributed by atoms with Crippen molar-refractivity contribution >= 4 is 23.4 Å². The number of amides is 3. The van der Waals surface area contributed by atoms with Crippen LogP contribution in [0.2, 0.25) is 0 Å². The summed E-state index contributed by atoms with van der Waals surface area (Å²) < 4.78 is 1.92. The number of carbonyl (C=O) groups excluding carboxylic acids is 3. The molecule has 2 aromatic rings. The molecule has 1 saturated heterocycles. The number of hydrogen-bond donors (Lipinski definition) is 0. The van der Waals surface area contributed by atoms with E-state index in [1.807, 2.05) is 35.7 Å². The zero-order valence-electron chi connectivity index (χ0n) is 12.9. The lowest BCUT2D eigenvalue weighted by Gasteiger charge is -2.23. The quantitative estimate of drug-likeness (QED) is 0.766. The SMILES string of the molecule is CCN(Cc1cnc2ccccn12)C(=O)CN1C(=O)CCC1=O. The highest BCUT2D eigenvalue weighted by Gasteiger charge is 2.31. The maximum Gasteiger partial charge on any atom is 0.243 e. The first kappa shape index (κ1) is 15.2. The van der Waals surface area contributed by atoms with Crippen LogP contribution in [-0.2, 0) is 20.9 Å². The molecule has 0 aromatic carbocycles. The first-order chi connectivity index (χ1) is 11.1.